The van der Waals surface area contributed by atoms with Crippen LogP contribution in [0.1, 0.15) is 45.4 Å². The van der Waals surface area contributed by atoms with E-state index in [1.165, 1.54) is 31.4 Å². The number of aromatic amines is 1. The highest BCUT2D eigenvalue weighted by atomic mass is 32.2. The second-order valence-corrected chi connectivity index (χ2v) is 8.26. The maximum Gasteiger partial charge on any atom is 0.216 e. The molecule has 3 N–H and O–H groups in total. The zero-order chi connectivity index (χ0) is 18.9. The Morgan fingerprint density at radius 2 is 2.33 bits per heavy atom. The van der Waals surface area contributed by atoms with E-state index in [-0.39, 0.29) is 0 Å². The van der Waals surface area contributed by atoms with Gasteiger partial charge in [0.1, 0.15) is 5.82 Å². The van der Waals surface area contributed by atoms with Gasteiger partial charge in [-0.1, -0.05) is 13.3 Å². The Morgan fingerprint density at radius 3 is 3.11 bits per heavy atom. The average Bonchev–Trinajstić information content (AvgIpc) is 3.34. The predicted molar refractivity (Wildman–Crippen MR) is 111 cm³/mol. The van der Waals surface area contributed by atoms with Crippen LogP contribution in [-0.4, -0.2) is 51.3 Å². The summed E-state index contributed by atoms with van der Waals surface area (Å²) in [5, 5.41) is 14.9. The molecule has 2 atom stereocenters. The molecule has 2 unspecified atom stereocenters. The lowest BCUT2D eigenvalue weighted by Crippen LogP contribution is -2.45. The number of nitrogens with zero attached hydrogens (tertiary/aromatic N) is 3. The Kier molecular flexibility index (Phi) is 7.62. The molecule has 1 aliphatic rings. The molecule has 2 heterocycles. The SMILES string of the molecule is CCNC(=NCCc1nc(-c2ccco2)n[nH]1)NC1CCCC(SCC)C1. The first-order chi connectivity index (χ1) is 13.3. The van der Waals surface area contributed by atoms with Crippen LogP contribution in [0.15, 0.2) is 27.8 Å². The van der Waals surface area contributed by atoms with E-state index in [4.69, 9.17) is 9.41 Å². The molecule has 3 rings (SSSR count). The molecule has 7 nitrogen and oxygen atoms in total. The lowest BCUT2D eigenvalue weighted by Gasteiger charge is -2.30. The van der Waals surface area contributed by atoms with Gasteiger partial charge >= 0.3 is 0 Å². The highest BCUT2D eigenvalue weighted by Crippen LogP contribution is 2.28. The largest absolute Gasteiger partial charge is 0.461 e. The van der Waals surface area contributed by atoms with Crippen molar-refractivity contribution < 1.29 is 4.42 Å². The van der Waals surface area contributed by atoms with Crippen molar-refractivity contribution in [2.24, 2.45) is 4.99 Å². The highest BCUT2D eigenvalue weighted by molar-refractivity contribution is 7.99. The Bertz CT molecular complexity index is 697. The fourth-order valence-electron chi connectivity index (χ4n) is 3.37. The van der Waals surface area contributed by atoms with Crippen molar-refractivity contribution in [3.63, 3.8) is 0 Å². The maximum atomic E-state index is 5.32. The van der Waals surface area contributed by atoms with E-state index in [9.17, 15) is 0 Å². The monoisotopic (exact) mass is 390 g/mol. The van der Waals surface area contributed by atoms with E-state index < -0.39 is 0 Å². The number of nitrogens with one attached hydrogen (secondary N) is 3. The summed E-state index contributed by atoms with van der Waals surface area (Å²) in [6.07, 6.45) is 7.41. The summed E-state index contributed by atoms with van der Waals surface area (Å²) in [4.78, 5) is 9.19. The summed E-state index contributed by atoms with van der Waals surface area (Å²) in [5.74, 6) is 4.18. The summed E-state index contributed by atoms with van der Waals surface area (Å²) in [6, 6.07) is 4.20. The number of hydrogen-bond donors (Lipinski definition) is 3. The highest BCUT2D eigenvalue weighted by Gasteiger charge is 2.22. The van der Waals surface area contributed by atoms with E-state index in [2.05, 4.69) is 51.4 Å². The zero-order valence-corrected chi connectivity index (χ0v) is 17.0. The number of rotatable bonds is 8. The van der Waals surface area contributed by atoms with Crippen LogP contribution in [0, 0.1) is 0 Å². The Morgan fingerprint density at radius 1 is 1.41 bits per heavy atom. The van der Waals surface area contributed by atoms with E-state index in [0.29, 0.717) is 30.6 Å². The van der Waals surface area contributed by atoms with Crippen molar-refractivity contribution in [3.05, 3.63) is 24.2 Å². The molecule has 0 spiro atoms. The van der Waals surface area contributed by atoms with Crippen LogP contribution in [0.3, 0.4) is 0 Å². The molecule has 2 aromatic heterocycles. The molecular weight excluding hydrogens is 360 g/mol. The zero-order valence-electron chi connectivity index (χ0n) is 16.2. The molecule has 0 aromatic carbocycles. The van der Waals surface area contributed by atoms with Gasteiger partial charge in [0.25, 0.3) is 0 Å². The first-order valence-electron chi connectivity index (χ1n) is 9.90. The number of aliphatic imine (C=N–C) groups is 1. The fraction of sp³-hybridized carbons (Fsp3) is 0.632. The van der Waals surface area contributed by atoms with Crippen LogP contribution in [-0.2, 0) is 6.42 Å². The summed E-state index contributed by atoms with van der Waals surface area (Å²) in [7, 11) is 0. The van der Waals surface area contributed by atoms with E-state index in [0.717, 1.165) is 23.6 Å². The Balaban J connectivity index is 1.51. The quantitative estimate of drug-likeness (QED) is 0.473. The smallest absolute Gasteiger partial charge is 0.216 e. The van der Waals surface area contributed by atoms with Crippen LogP contribution in [0.2, 0.25) is 0 Å². The standard InChI is InChI=1S/C19H30N6OS/c1-3-20-19(22-14-7-5-8-15(13-14)27-4-2)21-11-10-17-23-18(25-24-17)16-9-6-12-26-16/h6,9,12,14-15H,3-5,7-8,10-11,13H2,1-2H3,(H2,20,21,22)(H,23,24,25). The maximum absolute atomic E-state index is 5.32. The second kappa shape index (κ2) is 10.4. The number of thioether (sulfide) groups is 1. The number of aromatic nitrogens is 3. The first kappa shape index (κ1) is 19.8. The average molecular weight is 391 g/mol. The molecule has 1 saturated carbocycles. The minimum atomic E-state index is 0.511. The van der Waals surface area contributed by atoms with Crippen molar-refractivity contribution in [2.75, 3.05) is 18.8 Å². The van der Waals surface area contributed by atoms with Gasteiger partial charge in [0.05, 0.1) is 6.26 Å². The van der Waals surface area contributed by atoms with E-state index in [1.54, 1.807) is 6.26 Å². The number of guanidine groups is 1. The molecule has 0 amide bonds. The molecule has 0 saturated heterocycles. The molecule has 0 bridgehead atoms. The predicted octanol–water partition coefficient (Wildman–Crippen LogP) is 3.23. The van der Waals surface area contributed by atoms with Gasteiger partial charge in [0, 0.05) is 30.8 Å². The van der Waals surface area contributed by atoms with Crippen molar-refractivity contribution in [1.82, 2.24) is 25.8 Å². The van der Waals surface area contributed by atoms with Crippen molar-refractivity contribution in [2.45, 2.75) is 57.2 Å². The second-order valence-electron chi connectivity index (χ2n) is 6.68. The van der Waals surface area contributed by atoms with E-state index in [1.807, 2.05) is 12.1 Å². The van der Waals surface area contributed by atoms with E-state index >= 15 is 0 Å². The number of H-pyrrole nitrogens is 1. The van der Waals surface area contributed by atoms with Gasteiger partial charge < -0.3 is 15.1 Å². The van der Waals surface area contributed by atoms with Gasteiger partial charge in [-0.15, -0.1) is 0 Å². The van der Waals surface area contributed by atoms with Gasteiger partial charge in [-0.05, 0) is 44.1 Å². The third kappa shape index (κ3) is 6.02. The topological polar surface area (TPSA) is 91.1 Å². The molecule has 8 heteroatoms. The molecule has 2 aromatic rings. The summed E-state index contributed by atoms with van der Waals surface area (Å²) in [5.41, 5.74) is 0. The Hall–Kier alpha value is -1.96. The summed E-state index contributed by atoms with van der Waals surface area (Å²) >= 11 is 2.09. The van der Waals surface area contributed by atoms with Crippen LogP contribution >= 0.6 is 11.8 Å². The lowest BCUT2D eigenvalue weighted by atomic mass is 9.95. The number of hydrogen-bond acceptors (Lipinski definition) is 5. The van der Waals surface area contributed by atoms with Gasteiger partial charge in [-0.25, -0.2) is 4.98 Å². The summed E-state index contributed by atoms with van der Waals surface area (Å²) < 4.78 is 5.32. The van der Waals surface area contributed by atoms with Gasteiger partial charge in [-0.3, -0.25) is 10.1 Å². The third-order valence-electron chi connectivity index (χ3n) is 4.61. The molecule has 0 radical (unpaired) electrons. The van der Waals surface area contributed by atoms with Crippen LogP contribution in [0.4, 0.5) is 0 Å². The minimum Gasteiger partial charge on any atom is -0.461 e. The van der Waals surface area contributed by atoms with Crippen molar-refractivity contribution >= 4 is 17.7 Å². The normalized spacial score (nSPS) is 20.6. The molecule has 1 fully saturated rings. The molecule has 148 valence electrons. The first-order valence-corrected chi connectivity index (χ1v) is 10.9. The van der Waals surface area contributed by atoms with Crippen molar-refractivity contribution in [1.29, 1.82) is 0 Å². The fourth-order valence-corrected chi connectivity index (χ4v) is 4.55. The molecule has 0 aliphatic heterocycles. The third-order valence-corrected chi connectivity index (χ3v) is 5.84. The Labute approximate surface area is 165 Å². The molecular formula is C19H30N6OS. The van der Waals surface area contributed by atoms with Gasteiger partial charge in [0.15, 0.2) is 11.7 Å². The van der Waals surface area contributed by atoms with Crippen LogP contribution in [0.25, 0.3) is 11.6 Å². The van der Waals surface area contributed by atoms with Gasteiger partial charge in [-0.2, -0.15) is 16.9 Å². The van der Waals surface area contributed by atoms with Crippen LogP contribution < -0.4 is 10.6 Å². The van der Waals surface area contributed by atoms with Crippen molar-refractivity contribution in [3.8, 4) is 11.6 Å². The minimum absolute atomic E-state index is 0.511. The summed E-state index contributed by atoms with van der Waals surface area (Å²) in [6.45, 7) is 5.85. The lowest BCUT2D eigenvalue weighted by molar-refractivity contribution is 0.419. The molecule has 27 heavy (non-hydrogen) atoms. The van der Waals surface area contributed by atoms with Gasteiger partial charge in [0.2, 0.25) is 5.82 Å². The van der Waals surface area contributed by atoms with Crippen LogP contribution in [0.5, 0.6) is 0 Å². The molecule has 1 aliphatic carbocycles. The number of furan rings is 1.